The second-order valence-electron chi connectivity index (χ2n) is 4.19. The summed E-state index contributed by atoms with van der Waals surface area (Å²) in [5.41, 5.74) is 0.769. The first-order valence-corrected chi connectivity index (χ1v) is 5.68. The Kier molecular flexibility index (Phi) is 2.44. The molecule has 2 aromatic heterocycles. The number of carbonyl (C=O) groups is 1. The zero-order chi connectivity index (χ0) is 11.7. The Balaban J connectivity index is 1.67. The minimum absolute atomic E-state index is 0.00907. The lowest BCUT2D eigenvalue weighted by atomic mass is 10.3. The maximum Gasteiger partial charge on any atom is 0.239 e. The summed E-state index contributed by atoms with van der Waals surface area (Å²) < 4.78 is 5.26. The van der Waals surface area contributed by atoms with E-state index in [1.807, 2.05) is 6.07 Å². The first-order valence-electron chi connectivity index (χ1n) is 5.68. The third-order valence-corrected chi connectivity index (χ3v) is 2.74. The molecule has 88 valence electrons. The highest BCUT2D eigenvalue weighted by Gasteiger charge is 2.22. The van der Waals surface area contributed by atoms with Gasteiger partial charge in [0.05, 0.1) is 18.2 Å². The number of rotatable bonds is 4. The SMILES string of the molecule is O=C(CNc1nccc2occc12)NC1CC1. The van der Waals surface area contributed by atoms with Gasteiger partial charge in [0, 0.05) is 12.2 Å². The molecule has 0 atom stereocenters. The van der Waals surface area contributed by atoms with Crippen molar-refractivity contribution in [2.75, 3.05) is 11.9 Å². The summed E-state index contributed by atoms with van der Waals surface area (Å²) in [7, 11) is 0. The number of furan rings is 1. The first kappa shape index (κ1) is 10.1. The highest BCUT2D eigenvalue weighted by Crippen LogP contribution is 2.21. The standard InChI is InChI=1S/C12H13N3O2/c16-11(15-8-1-2-8)7-14-12-9-4-6-17-10(9)3-5-13-12/h3-6,8H,1-2,7H2,(H,13,14)(H,15,16). The number of fused-ring (bicyclic) bond motifs is 1. The van der Waals surface area contributed by atoms with E-state index in [2.05, 4.69) is 15.6 Å². The van der Waals surface area contributed by atoms with Gasteiger partial charge in [-0.3, -0.25) is 4.79 Å². The topological polar surface area (TPSA) is 67.2 Å². The van der Waals surface area contributed by atoms with E-state index in [0.29, 0.717) is 11.9 Å². The Morgan fingerprint density at radius 3 is 3.18 bits per heavy atom. The molecule has 0 aliphatic heterocycles. The number of nitrogens with one attached hydrogen (secondary N) is 2. The van der Waals surface area contributed by atoms with E-state index in [4.69, 9.17) is 4.42 Å². The molecule has 1 fully saturated rings. The smallest absolute Gasteiger partial charge is 0.239 e. The average Bonchev–Trinajstić information content (AvgIpc) is 3.00. The molecular weight excluding hydrogens is 218 g/mol. The molecule has 5 nitrogen and oxygen atoms in total. The largest absolute Gasteiger partial charge is 0.464 e. The van der Waals surface area contributed by atoms with E-state index in [1.54, 1.807) is 18.5 Å². The predicted octanol–water partition coefficient (Wildman–Crippen LogP) is 1.52. The summed E-state index contributed by atoms with van der Waals surface area (Å²) in [6.07, 6.45) is 5.47. The second-order valence-corrected chi connectivity index (χ2v) is 4.19. The van der Waals surface area contributed by atoms with Gasteiger partial charge in [-0.1, -0.05) is 0 Å². The zero-order valence-corrected chi connectivity index (χ0v) is 9.27. The van der Waals surface area contributed by atoms with Crippen LogP contribution in [-0.2, 0) is 4.79 Å². The molecular formula is C12H13N3O2. The molecule has 17 heavy (non-hydrogen) atoms. The summed E-state index contributed by atoms with van der Waals surface area (Å²) in [5, 5.41) is 6.83. The quantitative estimate of drug-likeness (QED) is 0.837. The summed E-state index contributed by atoms with van der Waals surface area (Å²) in [4.78, 5) is 15.7. The Morgan fingerprint density at radius 2 is 2.35 bits per heavy atom. The van der Waals surface area contributed by atoms with Crippen LogP contribution in [-0.4, -0.2) is 23.5 Å². The molecule has 1 saturated carbocycles. The molecule has 1 amide bonds. The van der Waals surface area contributed by atoms with Crippen molar-refractivity contribution in [3.63, 3.8) is 0 Å². The molecule has 0 bridgehead atoms. The van der Waals surface area contributed by atoms with Gasteiger partial charge in [-0.05, 0) is 25.0 Å². The molecule has 2 aromatic rings. The van der Waals surface area contributed by atoms with E-state index in [0.717, 1.165) is 23.8 Å². The lowest BCUT2D eigenvalue weighted by Gasteiger charge is -2.06. The van der Waals surface area contributed by atoms with E-state index >= 15 is 0 Å². The second kappa shape index (κ2) is 4.08. The molecule has 1 aliphatic rings. The Labute approximate surface area is 98.2 Å². The van der Waals surface area contributed by atoms with Crippen LogP contribution in [0.4, 0.5) is 5.82 Å². The van der Waals surface area contributed by atoms with E-state index in [-0.39, 0.29) is 12.5 Å². The third kappa shape index (κ3) is 2.22. The van der Waals surface area contributed by atoms with E-state index in [9.17, 15) is 4.79 Å². The van der Waals surface area contributed by atoms with Gasteiger partial charge in [0.1, 0.15) is 11.4 Å². The van der Waals surface area contributed by atoms with E-state index in [1.165, 1.54) is 0 Å². The van der Waals surface area contributed by atoms with Gasteiger partial charge < -0.3 is 15.1 Å². The molecule has 0 unspecified atom stereocenters. The molecule has 2 N–H and O–H groups in total. The van der Waals surface area contributed by atoms with Crippen molar-refractivity contribution in [2.24, 2.45) is 0 Å². The Hall–Kier alpha value is -2.04. The Morgan fingerprint density at radius 1 is 1.47 bits per heavy atom. The number of aromatic nitrogens is 1. The zero-order valence-electron chi connectivity index (χ0n) is 9.27. The van der Waals surface area contributed by atoms with Gasteiger partial charge >= 0.3 is 0 Å². The van der Waals surface area contributed by atoms with Crippen molar-refractivity contribution in [3.05, 3.63) is 24.6 Å². The van der Waals surface area contributed by atoms with Crippen LogP contribution >= 0.6 is 0 Å². The van der Waals surface area contributed by atoms with Crippen molar-refractivity contribution in [3.8, 4) is 0 Å². The molecule has 5 heteroatoms. The average molecular weight is 231 g/mol. The number of nitrogens with zero attached hydrogens (tertiary/aromatic N) is 1. The highest BCUT2D eigenvalue weighted by molar-refractivity contribution is 5.90. The van der Waals surface area contributed by atoms with Crippen LogP contribution in [0.2, 0.25) is 0 Å². The van der Waals surface area contributed by atoms with Crippen molar-refractivity contribution in [2.45, 2.75) is 18.9 Å². The maximum absolute atomic E-state index is 11.5. The van der Waals surface area contributed by atoms with Crippen LogP contribution in [0.15, 0.2) is 29.0 Å². The molecule has 0 spiro atoms. The summed E-state index contributed by atoms with van der Waals surface area (Å²) in [6, 6.07) is 4.02. The monoisotopic (exact) mass is 231 g/mol. The maximum atomic E-state index is 11.5. The van der Waals surface area contributed by atoms with Gasteiger partial charge in [0.25, 0.3) is 0 Å². The summed E-state index contributed by atoms with van der Waals surface area (Å²) in [6.45, 7) is 0.244. The molecule has 0 saturated heterocycles. The number of carbonyl (C=O) groups excluding carboxylic acids is 1. The number of hydrogen-bond donors (Lipinski definition) is 2. The molecule has 1 aliphatic carbocycles. The number of anilines is 1. The fraction of sp³-hybridized carbons (Fsp3) is 0.333. The Bertz CT molecular complexity index is 545. The van der Waals surface area contributed by atoms with Gasteiger partial charge in [0.15, 0.2) is 0 Å². The summed E-state index contributed by atoms with van der Waals surface area (Å²) in [5.74, 6) is 0.692. The van der Waals surface area contributed by atoms with Crippen LogP contribution in [0.1, 0.15) is 12.8 Å². The van der Waals surface area contributed by atoms with Crippen LogP contribution in [0, 0.1) is 0 Å². The number of hydrogen-bond acceptors (Lipinski definition) is 4. The highest BCUT2D eigenvalue weighted by atomic mass is 16.3. The molecule has 3 rings (SSSR count). The fourth-order valence-corrected chi connectivity index (χ4v) is 1.71. The molecule has 0 radical (unpaired) electrons. The minimum atomic E-state index is 0.00907. The number of pyridine rings is 1. The first-order chi connectivity index (χ1) is 8.33. The van der Waals surface area contributed by atoms with Gasteiger partial charge in [-0.2, -0.15) is 0 Å². The van der Waals surface area contributed by atoms with Gasteiger partial charge in [0.2, 0.25) is 5.91 Å². The predicted molar refractivity (Wildman–Crippen MR) is 63.7 cm³/mol. The van der Waals surface area contributed by atoms with Gasteiger partial charge in [-0.15, -0.1) is 0 Å². The lowest BCUT2D eigenvalue weighted by Crippen LogP contribution is -2.31. The van der Waals surface area contributed by atoms with Crippen molar-refractivity contribution in [1.29, 1.82) is 0 Å². The van der Waals surface area contributed by atoms with E-state index < -0.39 is 0 Å². The molecule has 2 heterocycles. The van der Waals surface area contributed by atoms with Crippen LogP contribution in [0.3, 0.4) is 0 Å². The third-order valence-electron chi connectivity index (χ3n) is 2.74. The van der Waals surface area contributed by atoms with Gasteiger partial charge in [-0.25, -0.2) is 4.98 Å². The lowest BCUT2D eigenvalue weighted by molar-refractivity contribution is -0.119. The fourth-order valence-electron chi connectivity index (χ4n) is 1.71. The van der Waals surface area contributed by atoms with Crippen molar-refractivity contribution >= 4 is 22.7 Å². The number of amides is 1. The van der Waals surface area contributed by atoms with Crippen molar-refractivity contribution in [1.82, 2.24) is 10.3 Å². The normalized spacial score (nSPS) is 14.8. The molecule has 0 aromatic carbocycles. The van der Waals surface area contributed by atoms with Crippen LogP contribution < -0.4 is 10.6 Å². The van der Waals surface area contributed by atoms with Crippen LogP contribution in [0.5, 0.6) is 0 Å². The summed E-state index contributed by atoms with van der Waals surface area (Å²) >= 11 is 0. The van der Waals surface area contributed by atoms with Crippen LogP contribution in [0.25, 0.3) is 11.0 Å². The minimum Gasteiger partial charge on any atom is -0.464 e. The van der Waals surface area contributed by atoms with Crippen molar-refractivity contribution < 1.29 is 9.21 Å².